The largest absolute Gasteiger partial charge is 0.336 e. The second-order valence-electron chi connectivity index (χ2n) is 10.5. The Bertz CT molecular complexity index is 1200. The summed E-state index contributed by atoms with van der Waals surface area (Å²) in [6.45, 7) is 7.56. The lowest BCUT2D eigenvalue weighted by Crippen LogP contribution is -2.50. The Kier molecular flexibility index (Phi) is 9.39. The average molecular weight is 538 g/mol. The first kappa shape index (κ1) is 28.0. The highest BCUT2D eigenvalue weighted by Crippen LogP contribution is 2.30. The second kappa shape index (κ2) is 12.7. The maximum absolute atomic E-state index is 13.2. The number of carbonyl (C=O) groups is 2. The molecular weight excluding hydrogens is 498 g/mol. The van der Waals surface area contributed by atoms with Crippen molar-refractivity contribution in [2.45, 2.75) is 49.5 Å². The second-order valence-corrected chi connectivity index (χ2v) is 12.5. The number of sulfone groups is 1. The summed E-state index contributed by atoms with van der Waals surface area (Å²) >= 11 is 0. The van der Waals surface area contributed by atoms with Crippen LogP contribution in [0.15, 0.2) is 72.1 Å². The Balaban J connectivity index is 1.32. The van der Waals surface area contributed by atoms with Crippen LogP contribution in [-0.2, 0) is 25.8 Å². The van der Waals surface area contributed by atoms with Crippen LogP contribution in [0.3, 0.4) is 0 Å². The van der Waals surface area contributed by atoms with Crippen molar-refractivity contribution in [1.29, 1.82) is 0 Å². The molecule has 204 valence electrons. The molecule has 7 nitrogen and oxygen atoms in total. The summed E-state index contributed by atoms with van der Waals surface area (Å²) in [6.07, 6.45) is 8.03. The smallest absolute Gasteiger partial charge is 0.230 e. The number of rotatable bonds is 11. The van der Waals surface area contributed by atoms with Crippen LogP contribution in [0.1, 0.15) is 37.7 Å². The van der Waals surface area contributed by atoms with Crippen molar-refractivity contribution < 1.29 is 18.0 Å². The number of piperidine rings is 1. The van der Waals surface area contributed by atoms with Crippen molar-refractivity contribution in [2.75, 3.05) is 43.9 Å². The zero-order valence-electron chi connectivity index (χ0n) is 22.3. The standard InChI is InChI=1S/C30H39N3O4S/c1-3-18-32(29(34)23-24-12-14-28(15-13-24)38(2,36)37)27-16-19-31(20-17-27)21-22-33(26-10-5-4-6-11-26)30(35)25-8-7-9-25/h3-6,10-15,25,27H,1,7-9,16-23H2,2H3. The van der Waals surface area contributed by atoms with E-state index in [1.165, 1.54) is 6.26 Å². The number of hydrogen-bond donors (Lipinski definition) is 0. The molecule has 0 N–H and O–H groups in total. The van der Waals surface area contributed by atoms with Crippen LogP contribution >= 0.6 is 0 Å². The third-order valence-corrected chi connectivity index (χ3v) is 8.91. The molecule has 0 bridgehead atoms. The van der Waals surface area contributed by atoms with Gasteiger partial charge in [-0.1, -0.05) is 42.8 Å². The predicted octanol–water partition coefficient (Wildman–Crippen LogP) is 3.94. The normalized spacial score (nSPS) is 17.0. The molecule has 1 saturated carbocycles. The minimum Gasteiger partial charge on any atom is -0.336 e. The van der Waals surface area contributed by atoms with Crippen molar-refractivity contribution in [2.24, 2.45) is 5.92 Å². The van der Waals surface area contributed by atoms with Gasteiger partial charge in [-0.15, -0.1) is 6.58 Å². The lowest BCUT2D eigenvalue weighted by atomic mass is 9.84. The van der Waals surface area contributed by atoms with Gasteiger partial charge < -0.3 is 14.7 Å². The zero-order chi connectivity index (χ0) is 27.1. The van der Waals surface area contributed by atoms with E-state index in [0.29, 0.717) is 13.1 Å². The van der Waals surface area contributed by atoms with Crippen LogP contribution in [0.5, 0.6) is 0 Å². The molecule has 0 aromatic heterocycles. The Hall–Kier alpha value is -2.97. The highest BCUT2D eigenvalue weighted by Gasteiger charge is 2.31. The minimum absolute atomic E-state index is 0.0248. The summed E-state index contributed by atoms with van der Waals surface area (Å²) in [6, 6.07) is 16.6. The van der Waals surface area contributed by atoms with E-state index < -0.39 is 9.84 Å². The molecule has 2 aromatic carbocycles. The molecule has 1 aliphatic carbocycles. The summed E-state index contributed by atoms with van der Waals surface area (Å²) in [4.78, 5) is 32.8. The average Bonchev–Trinajstić information content (AvgIpc) is 2.87. The van der Waals surface area contributed by atoms with Crippen LogP contribution in [0.4, 0.5) is 5.69 Å². The molecule has 2 aromatic rings. The minimum atomic E-state index is -3.26. The van der Waals surface area contributed by atoms with E-state index in [1.54, 1.807) is 30.3 Å². The Labute approximate surface area is 227 Å². The molecule has 2 amide bonds. The van der Waals surface area contributed by atoms with Crippen molar-refractivity contribution in [3.8, 4) is 0 Å². The fourth-order valence-electron chi connectivity index (χ4n) is 5.27. The predicted molar refractivity (Wildman–Crippen MR) is 151 cm³/mol. The molecule has 4 rings (SSSR count). The molecule has 8 heteroatoms. The van der Waals surface area contributed by atoms with Gasteiger partial charge in [-0.3, -0.25) is 9.59 Å². The Morgan fingerprint density at radius 1 is 1.00 bits per heavy atom. The molecule has 0 unspecified atom stereocenters. The van der Waals surface area contributed by atoms with Gasteiger partial charge in [0.25, 0.3) is 0 Å². The monoisotopic (exact) mass is 537 g/mol. The molecule has 1 aliphatic heterocycles. The summed E-state index contributed by atoms with van der Waals surface area (Å²) in [5.41, 5.74) is 1.76. The maximum Gasteiger partial charge on any atom is 0.230 e. The van der Waals surface area contributed by atoms with E-state index in [2.05, 4.69) is 11.5 Å². The van der Waals surface area contributed by atoms with Crippen LogP contribution in [0.25, 0.3) is 0 Å². The van der Waals surface area contributed by atoms with Crippen molar-refractivity contribution >= 4 is 27.3 Å². The fourth-order valence-corrected chi connectivity index (χ4v) is 5.90. The highest BCUT2D eigenvalue weighted by atomic mass is 32.2. The van der Waals surface area contributed by atoms with Gasteiger partial charge in [0.1, 0.15) is 0 Å². The van der Waals surface area contributed by atoms with E-state index in [4.69, 9.17) is 0 Å². The zero-order valence-corrected chi connectivity index (χ0v) is 23.1. The quantitative estimate of drug-likeness (QED) is 0.406. The molecule has 1 saturated heterocycles. The number of para-hydroxylation sites is 1. The Morgan fingerprint density at radius 2 is 1.66 bits per heavy atom. The molecule has 1 heterocycles. The van der Waals surface area contributed by atoms with E-state index in [0.717, 1.165) is 63.0 Å². The topological polar surface area (TPSA) is 78.0 Å². The number of carbonyl (C=O) groups excluding carboxylic acids is 2. The van der Waals surface area contributed by atoms with E-state index >= 15 is 0 Å². The van der Waals surface area contributed by atoms with Crippen molar-refractivity contribution in [1.82, 2.24) is 9.80 Å². The molecule has 2 aliphatic rings. The number of anilines is 1. The lowest BCUT2D eigenvalue weighted by Gasteiger charge is -2.39. The first-order valence-electron chi connectivity index (χ1n) is 13.5. The van der Waals surface area contributed by atoms with Crippen molar-refractivity contribution in [3.05, 3.63) is 72.8 Å². The number of likely N-dealkylation sites (tertiary alicyclic amines) is 1. The van der Waals surface area contributed by atoms with Crippen molar-refractivity contribution in [3.63, 3.8) is 0 Å². The molecule has 0 radical (unpaired) electrons. The number of nitrogens with zero attached hydrogens (tertiary/aromatic N) is 3. The summed E-state index contributed by atoms with van der Waals surface area (Å²) < 4.78 is 23.4. The van der Waals surface area contributed by atoms with Gasteiger partial charge in [-0.2, -0.15) is 0 Å². The number of hydrogen-bond acceptors (Lipinski definition) is 5. The van der Waals surface area contributed by atoms with Gasteiger partial charge >= 0.3 is 0 Å². The lowest BCUT2D eigenvalue weighted by molar-refractivity contribution is -0.133. The van der Waals surface area contributed by atoms with Gasteiger partial charge in [-0.05, 0) is 55.5 Å². The molecule has 2 fully saturated rings. The van der Waals surface area contributed by atoms with E-state index in [9.17, 15) is 18.0 Å². The molecular formula is C30H39N3O4S. The highest BCUT2D eigenvalue weighted by molar-refractivity contribution is 7.90. The maximum atomic E-state index is 13.2. The fraction of sp³-hybridized carbons (Fsp3) is 0.467. The summed E-state index contributed by atoms with van der Waals surface area (Å²) in [5.74, 6) is 0.420. The summed E-state index contributed by atoms with van der Waals surface area (Å²) in [7, 11) is -3.26. The van der Waals surface area contributed by atoms with E-state index in [-0.39, 0.29) is 35.1 Å². The van der Waals surface area contributed by atoms with Gasteiger partial charge in [0.05, 0.1) is 11.3 Å². The molecule has 0 spiro atoms. The Morgan fingerprint density at radius 3 is 2.21 bits per heavy atom. The molecule has 38 heavy (non-hydrogen) atoms. The van der Waals surface area contributed by atoms with Gasteiger partial charge in [0.15, 0.2) is 9.84 Å². The van der Waals surface area contributed by atoms with E-state index in [1.807, 2.05) is 40.1 Å². The van der Waals surface area contributed by atoms with Crippen LogP contribution in [0, 0.1) is 5.92 Å². The van der Waals surface area contributed by atoms with Gasteiger partial charge in [0, 0.05) is 56.6 Å². The molecule has 0 atom stereocenters. The number of benzene rings is 2. The summed E-state index contributed by atoms with van der Waals surface area (Å²) in [5, 5.41) is 0. The van der Waals surface area contributed by atoms with Crippen LogP contribution < -0.4 is 4.90 Å². The first-order chi connectivity index (χ1) is 18.3. The van der Waals surface area contributed by atoms with Crippen LogP contribution in [0.2, 0.25) is 0 Å². The van der Waals surface area contributed by atoms with Crippen LogP contribution in [-0.4, -0.2) is 75.1 Å². The third-order valence-electron chi connectivity index (χ3n) is 7.78. The van der Waals surface area contributed by atoms with Gasteiger partial charge in [0.2, 0.25) is 11.8 Å². The van der Waals surface area contributed by atoms with Gasteiger partial charge in [-0.25, -0.2) is 8.42 Å². The third kappa shape index (κ3) is 7.11. The number of amides is 2. The SMILES string of the molecule is C=CCN(C(=O)Cc1ccc(S(C)(=O)=O)cc1)C1CCN(CCN(C(=O)C2CCC2)c2ccccc2)CC1. The first-order valence-corrected chi connectivity index (χ1v) is 15.4.